The van der Waals surface area contributed by atoms with E-state index in [4.69, 9.17) is 10.2 Å². The van der Waals surface area contributed by atoms with Crippen molar-refractivity contribution in [3.63, 3.8) is 0 Å². The minimum absolute atomic E-state index is 0.0346. The van der Waals surface area contributed by atoms with Gasteiger partial charge < -0.3 is 15.5 Å². The first-order chi connectivity index (χ1) is 10.9. The van der Waals surface area contributed by atoms with E-state index < -0.39 is 0 Å². The summed E-state index contributed by atoms with van der Waals surface area (Å²) < 4.78 is 0. The molecule has 5 heteroatoms. The number of aliphatic hydroxyl groups excluding tert-OH is 2. The Morgan fingerprint density at radius 2 is 1.52 bits per heavy atom. The number of benzene rings is 1. The number of amides is 1. The molecule has 0 aliphatic carbocycles. The predicted octanol–water partition coefficient (Wildman–Crippen LogP) is 2.16. The highest BCUT2D eigenvalue weighted by Gasteiger charge is 2.17. The molecule has 1 amide bonds. The first-order valence-corrected chi connectivity index (χ1v) is 8.27. The zero-order valence-electron chi connectivity index (χ0n) is 14.7. The molecule has 0 aliphatic rings. The highest BCUT2D eigenvalue weighted by atomic mass is 16.3. The molecule has 0 saturated heterocycles. The molecule has 0 unspecified atom stereocenters. The van der Waals surface area contributed by atoms with Crippen molar-refractivity contribution in [2.45, 2.75) is 39.5 Å². The molecule has 0 radical (unpaired) electrons. The molecule has 0 heterocycles. The van der Waals surface area contributed by atoms with Crippen LogP contribution in [-0.4, -0.2) is 53.9 Å². The average Bonchev–Trinajstić information content (AvgIpc) is 2.47. The van der Waals surface area contributed by atoms with Gasteiger partial charge in [0, 0.05) is 18.8 Å². The van der Waals surface area contributed by atoms with Gasteiger partial charge in [-0.2, -0.15) is 0 Å². The molecule has 1 aromatic carbocycles. The lowest BCUT2D eigenvalue weighted by atomic mass is 9.92. The summed E-state index contributed by atoms with van der Waals surface area (Å²) in [7, 11) is 0. The van der Waals surface area contributed by atoms with Crippen LogP contribution >= 0.6 is 0 Å². The van der Waals surface area contributed by atoms with Crippen LogP contribution in [0, 0.1) is 0 Å². The van der Waals surface area contributed by atoms with Crippen molar-refractivity contribution in [3.05, 3.63) is 29.3 Å². The van der Waals surface area contributed by atoms with E-state index in [1.165, 1.54) is 0 Å². The Morgan fingerprint density at radius 3 is 1.91 bits per heavy atom. The van der Waals surface area contributed by atoms with Gasteiger partial charge in [0.15, 0.2) is 0 Å². The first-order valence-electron chi connectivity index (χ1n) is 8.27. The Bertz CT molecular complexity index is 469. The van der Waals surface area contributed by atoms with Crippen LogP contribution in [0.1, 0.15) is 50.7 Å². The number of anilines is 1. The van der Waals surface area contributed by atoms with E-state index in [2.05, 4.69) is 33.0 Å². The highest BCUT2D eigenvalue weighted by Crippen LogP contribution is 2.32. The lowest BCUT2D eigenvalue weighted by Gasteiger charge is -2.23. The smallest absolute Gasteiger partial charge is 0.238 e. The normalized spacial score (nSPS) is 11.5. The van der Waals surface area contributed by atoms with Crippen molar-refractivity contribution in [1.29, 1.82) is 0 Å². The summed E-state index contributed by atoms with van der Waals surface area (Å²) in [6.45, 7) is 9.27. The largest absolute Gasteiger partial charge is 0.395 e. The molecule has 0 bridgehead atoms. The highest BCUT2D eigenvalue weighted by molar-refractivity contribution is 5.94. The van der Waals surface area contributed by atoms with E-state index in [1.807, 2.05) is 18.2 Å². The van der Waals surface area contributed by atoms with Crippen molar-refractivity contribution in [2.24, 2.45) is 0 Å². The number of carbonyl (C=O) groups excluding carboxylic acids is 1. The van der Waals surface area contributed by atoms with E-state index in [-0.39, 0.29) is 25.7 Å². The quantitative estimate of drug-likeness (QED) is 0.651. The van der Waals surface area contributed by atoms with Crippen molar-refractivity contribution in [1.82, 2.24) is 4.90 Å². The van der Waals surface area contributed by atoms with Crippen LogP contribution in [0.3, 0.4) is 0 Å². The molecule has 23 heavy (non-hydrogen) atoms. The van der Waals surface area contributed by atoms with Gasteiger partial charge in [0.1, 0.15) is 0 Å². The summed E-state index contributed by atoms with van der Waals surface area (Å²) in [4.78, 5) is 14.1. The standard InChI is InChI=1S/C18H30N2O3/c1-13(2)15-6-5-7-16(14(3)4)18(15)19-17(23)12-20(8-10-21)9-11-22/h5-7,13-14,21-22H,8-12H2,1-4H3,(H,19,23). The fourth-order valence-electron chi connectivity index (χ4n) is 2.63. The number of aliphatic hydroxyl groups is 2. The summed E-state index contributed by atoms with van der Waals surface area (Å²) in [5.74, 6) is 0.506. The zero-order valence-corrected chi connectivity index (χ0v) is 14.7. The van der Waals surface area contributed by atoms with Crippen molar-refractivity contribution in [2.75, 3.05) is 38.2 Å². The summed E-state index contributed by atoms with van der Waals surface area (Å²) in [5.41, 5.74) is 3.15. The Labute approximate surface area is 139 Å². The number of hydrogen-bond donors (Lipinski definition) is 3. The fourth-order valence-corrected chi connectivity index (χ4v) is 2.63. The molecule has 1 aromatic rings. The second-order valence-electron chi connectivity index (χ2n) is 6.39. The monoisotopic (exact) mass is 322 g/mol. The van der Waals surface area contributed by atoms with Crippen LogP contribution in [0.15, 0.2) is 18.2 Å². The summed E-state index contributed by atoms with van der Waals surface area (Å²) in [6, 6.07) is 6.13. The number of rotatable bonds is 9. The van der Waals surface area contributed by atoms with Gasteiger partial charge in [-0.15, -0.1) is 0 Å². The van der Waals surface area contributed by atoms with Gasteiger partial charge in [0.05, 0.1) is 19.8 Å². The topological polar surface area (TPSA) is 72.8 Å². The van der Waals surface area contributed by atoms with Gasteiger partial charge in [-0.1, -0.05) is 45.9 Å². The van der Waals surface area contributed by atoms with E-state index in [9.17, 15) is 4.79 Å². The molecule has 0 fully saturated rings. The maximum Gasteiger partial charge on any atom is 0.238 e. The van der Waals surface area contributed by atoms with Crippen LogP contribution in [0.5, 0.6) is 0 Å². The van der Waals surface area contributed by atoms with Crippen LogP contribution in [-0.2, 0) is 4.79 Å². The second kappa shape index (κ2) is 9.65. The van der Waals surface area contributed by atoms with Gasteiger partial charge >= 0.3 is 0 Å². The van der Waals surface area contributed by atoms with Gasteiger partial charge in [-0.05, 0) is 23.0 Å². The van der Waals surface area contributed by atoms with E-state index in [0.29, 0.717) is 24.9 Å². The third-order valence-electron chi connectivity index (χ3n) is 3.84. The van der Waals surface area contributed by atoms with Crippen LogP contribution in [0.25, 0.3) is 0 Å². The zero-order chi connectivity index (χ0) is 17.4. The summed E-state index contributed by atoms with van der Waals surface area (Å²) >= 11 is 0. The minimum Gasteiger partial charge on any atom is -0.395 e. The fraction of sp³-hybridized carbons (Fsp3) is 0.611. The van der Waals surface area contributed by atoms with Gasteiger partial charge in [-0.25, -0.2) is 0 Å². The van der Waals surface area contributed by atoms with E-state index >= 15 is 0 Å². The van der Waals surface area contributed by atoms with Gasteiger partial charge in [-0.3, -0.25) is 9.69 Å². The third kappa shape index (κ3) is 5.94. The Morgan fingerprint density at radius 1 is 1.04 bits per heavy atom. The molecule has 0 spiro atoms. The molecule has 1 rings (SSSR count). The maximum absolute atomic E-state index is 12.4. The summed E-state index contributed by atoms with van der Waals surface area (Å²) in [6.07, 6.45) is 0. The molecule has 0 aliphatic heterocycles. The predicted molar refractivity (Wildman–Crippen MR) is 93.9 cm³/mol. The third-order valence-corrected chi connectivity index (χ3v) is 3.84. The van der Waals surface area contributed by atoms with Crippen molar-refractivity contribution < 1.29 is 15.0 Å². The second-order valence-corrected chi connectivity index (χ2v) is 6.39. The molecule has 0 aromatic heterocycles. The lowest BCUT2D eigenvalue weighted by molar-refractivity contribution is -0.117. The number of nitrogens with one attached hydrogen (secondary N) is 1. The Kier molecular flexibility index (Phi) is 8.23. The summed E-state index contributed by atoms with van der Waals surface area (Å²) in [5, 5.41) is 21.1. The van der Waals surface area contributed by atoms with Crippen molar-refractivity contribution >= 4 is 11.6 Å². The number of para-hydroxylation sites is 1. The minimum atomic E-state index is -0.123. The van der Waals surface area contributed by atoms with Gasteiger partial charge in [0.25, 0.3) is 0 Å². The number of hydrogen-bond acceptors (Lipinski definition) is 4. The van der Waals surface area contributed by atoms with E-state index in [1.54, 1.807) is 4.90 Å². The number of nitrogens with zero attached hydrogens (tertiary/aromatic N) is 1. The van der Waals surface area contributed by atoms with Gasteiger partial charge in [0.2, 0.25) is 5.91 Å². The van der Waals surface area contributed by atoms with Crippen LogP contribution in [0.4, 0.5) is 5.69 Å². The SMILES string of the molecule is CC(C)c1cccc(C(C)C)c1NC(=O)CN(CCO)CCO. The Balaban J connectivity index is 2.95. The van der Waals surface area contributed by atoms with Crippen LogP contribution in [0.2, 0.25) is 0 Å². The Hall–Kier alpha value is -1.43. The maximum atomic E-state index is 12.4. The van der Waals surface area contributed by atoms with E-state index in [0.717, 1.165) is 16.8 Å². The van der Waals surface area contributed by atoms with Crippen LogP contribution < -0.4 is 5.32 Å². The molecule has 130 valence electrons. The number of carbonyl (C=O) groups is 1. The van der Waals surface area contributed by atoms with Crippen molar-refractivity contribution in [3.8, 4) is 0 Å². The lowest BCUT2D eigenvalue weighted by Crippen LogP contribution is -2.37. The average molecular weight is 322 g/mol. The first kappa shape index (κ1) is 19.6. The molecular formula is C18H30N2O3. The molecule has 0 atom stereocenters. The molecule has 3 N–H and O–H groups in total. The molecule has 0 saturated carbocycles. The molecule has 5 nitrogen and oxygen atoms in total. The molecular weight excluding hydrogens is 292 g/mol.